The van der Waals surface area contributed by atoms with Crippen molar-refractivity contribution < 1.29 is 23.2 Å². The fraction of sp³-hybridized carbons (Fsp3) is 0.0500. The molecule has 0 saturated carbocycles. The molecule has 0 amide bonds. The van der Waals surface area contributed by atoms with Gasteiger partial charge in [0.15, 0.2) is 11.5 Å². The Bertz CT molecular complexity index is 1300. The van der Waals surface area contributed by atoms with Gasteiger partial charge in [-0.15, -0.1) is 0 Å². The molecule has 32 heavy (non-hydrogen) atoms. The summed E-state index contributed by atoms with van der Waals surface area (Å²) in [5, 5.41) is 25.8. The number of nitrogens with zero attached hydrogens (tertiary/aromatic N) is 2. The summed E-state index contributed by atoms with van der Waals surface area (Å²) in [6.07, 6.45) is 1.24. The number of aromatic hydroxyl groups is 1. The van der Waals surface area contributed by atoms with E-state index in [1.54, 1.807) is 30.3 Å². The number of ether oxygens (including phenoxy) is 1. The molecule has 3 aromatic carbocycles. The number of benzene rings is 3. The Kier molecular flexibility index (Phi) is 6.81. The van der Waals surface area contributed by atoms with Crippen molar-refractivity contribution in [3.63, 3.8) is 0 Å². The van der Waals surface area contributed by atoms with Crippen LogP contribution in [0.4, 0.5) is 17.1 Å². The van der Waals surface area contributed by atoms with Gasteiger partial charge in [-0.3, -0.25) is 20.3 Å². The second kappa shape index (κ2) is 9.54. The van der Waals surface area contributed by atoms with Gasteiger partial charge in [0.25, 0.3) is 15.7 Å². The quantitative estimate of drug-likeness (QED) is 0.251. The highest BCUT2D eigenvalue weighted by Crippen LogP contribution is 2.30. The highest BCUT2D eigenvalue weighted by atomic mass is 35.5. The molecule has 166 valence electrons. The lowest BCUT2D eigenvalue weighted by atomic mass is 10.2. The first-order chi connectivity index (χ1) is 15.2. The summed E-state index contributed by atoms with van der Waals surface area (Å²) in [6, 6.07) is 14.1. The SMILES string of the molecule is COc1cccc(/C=N/Nc2ccc(S(=O)(=O)Nc3cccc(Cl)c3)cc2[N+](=O)[O-])c1O. The Morgan fingerprint density at radius 2 is 1.91 bits per heavy atom. The minimum atomic E-state index is -4.11. The van der Waals surface area contributed by atoms with Crippen molar-refractivity contribution in [3.05, 3.63) is 81.4 Å². The summed E-state index contributed by atoms with van der Waals surface area (Å²) in [5.74, 6) is 0.0882. The molecule has 0 saturated heterocycles. The van der Waals surface area contributed by atoms with Crippen molar-refractivity contribution in [2.75, 3.05) is 17.3 Å². The maximum atomic E-state index is 12.6. The number of methoxy groups -OCH3 is 1. The number of para-hydroxylation sites is 1. The smallest absolute Gasteiger partial charge is 0.295 e. The summed E-state index contributed by atoms with van der Waals surface area (Å²) in [4.78, 5) is 10.4. The lowest BCUT2D eigenvalue weighted by molar-refractivity contribution is -0.384. The van der Waals surface area contributed by atoms with Gasteiger partial charge >= 0.3 is 0 Å². The van der Waals surface area contributed by atoms with Gasteiger partial charge in [-0.05, 0) is 42.5 Å². The van der Waals surface area contributed by atoms with Gasteiger partial charge in [0.1, 0.15) is 5.69 Å². The van der Waals surface area contributed by atoms with Crippen molar-refractivity contribution >= 4 is 44.9 Å². The Hall–Kier alpha value is -3.83. The molecule has 0 aliphatic rings. The summed E-state index contributed by atoms with van der Waals surface area (Å²) in [6.45, 7) is 0. The van der Waals surface area contributed by atoms with Crippen LogP contribution in [0.5, 0.6) is 11.5 Å². The first kappa shape index (κ1) is 22.8. The summed E-state index contributed by atoms with van der Waals surface area (Å²) in [7, 11) is -2.71. The molecule has 3 aromatic rings. The Labute approximate surface area is 188 Å². The van der Waals surface area contributed by atoms with E-state index in [9.17, 15) is 23.6 Å². The van der Waals surface area contributed by atoms with E-state index in [4.69, 9.17) is 16.3 Å². The molecule has 0 spiro atoms. The number of nitro benzene ring substituents is 1. The van der Waals surface area contributed by atoms with Crippen LogP contribution in [0, 0.1) is 10.1 Å². The minimum absolute atomic E-state index is 0.0460. The fourth-order valence-corrected chi connectivity index (χ4v) is 3.93. The van der Waals surface area contributed by atoms with E-state index < -0.39 is 20.6 Å². The zero-order valence-corrected chi connectivity index (χ0v) is 18.1. The first-order valence-electron chi connectivity index (χ1n) is 8.93. The maximum Gasteiger partial charge on any atom is 0.295 e. The normalized spacial score (nSPS) is 11.3. The van der Waals surface area contributed by atoms with Crippen LogP contribution in [0.25, 0.3) is 0 Å². The molecule has 10 nitrogen and oxygen atoms in total. The van der Waals surface area contributed by atoms with Gasteiger partial charge in [-0.1, -0.05) is 23.7 Å². The average molecular weight is 477 g/mol. The number of anilines is 2. The van der Waals surface area contributed by atoms with Gasteiger partial charge in [-0.25, -0.2) is 8.42 Å². The molecule has 0 unspecified atom stereocenters. The molecule has 3 N–H and O–H groups in total. The van der Waals surface area contributed by atoms with Crippen LogP contribution in [0.15, 0.2) is 70.7 Å². The third kappa shape index (κ3) is 5.25. The van der Waals surface area contributed by atoms with Crippen LogP contribution >= 0.6 is 11.6 Å². The number of nitrogens with one attached hydrogen (secondary N) is 2. The van der Waals surface area contributed by atoms with Crippen molar-refractivity contribution in [1.82, 2.24) is 0 Å². The zero-order chi connectivity index (χ0) is 23.3. The summed E-state index contributed by atoms with van der Waals surface area (Å²) < 4.78 is 32.6. The maximum absolute atomic E-state index is 12.6. The van der Waals surface area contributed by atoms with E-state index in [0.717, 1.165) is 6.07 Å². The topological polar surface area (TPSA) is 143 Å². The third-order valence-corrected chi connectivity index (χ3v) is 5.81. The first-order valence-corrected chi connectivity index (χ1v) is 10.8. The van der Waals surface area contributed by atoms with Gasteiger partial charge in [-0.2, -0.15) is 5.10 Å². The second-order valence-corrected chi connectivity index (χ2v) is 8.44. The fourth-order valence-electron chi connectivity index (χ4n) is 2.67. The third-order valence-electron chi connectivity index (χ3n) is 4.19. The standard InChI is InChI=1S/C20H17ClN4O6S/c1-31-19-7-2-4-13(20(19)26)12-22-23-17-9-8-16(11-18(17)25(27)28)32(29,30)24-15-6-3-5-14(21)10-15/h2-12,23-24,26H,1H3/b22-12+. The number of hydrazone groups is 1. The number of halogens is 1. The molecule has 0 radical (unpaired) electrons. The van der Waals surface area contributed by atoms with Gasteiger partial charge in [0.2, 0.25) is 0 Å². The Balaban J connectivity index is 1.85. The number of hydrogen-bond acceptors (Lipinski definition) is 8. The van der Waals surface area contributed by atoms with Crippen molar-refractivity contribution in [2.24, 2.45) is 5.10 Å². The molecule has 0 atom stereocenters. The number of phenols is 1. The molecule has 0 fully saturated rings. The van der Waals surface area contributed by atoms with Crippen LogP contribution in [0.1, 0.15) is 5.56 Å². The summed E-state index contributed by atoms with van der Waals surface area (Å²) in [5.41, 5.74) is 2.46. The van der Waals surface area contributed by atoms with Gasteiger partial charge < -0.3 is 9.84 Å². The molecule has 0 aliphatic heterocycles. The lowest BCUT2D eigenvalue weighted by Crippen LogP contribution is -2.13. The highest BCUT2D eigenvalue weighted by Gasteiger charge is 2.21. The molecule has 0 bridgehead atoms. The van der Waals surface area contributed by atoms with E-state index in [1.165, 1.54) is 37.6 Å². The van der Waals surface area contributed by atoms with Crippen molar-refractivity contribution in [3.8, 4) is 11.5 Å². The highest BCUT2D eigenvalue weighted by molar-refractivity contribution is 7.92. The number of hydrogen-bond donors (Lipinski definition) is 3. The molecule has 0 aromatic heterocycles. The van der Waals surface area contributed by atoms with Crippen LogP contribution < -0.4 is 14.9 Å². The van der Waals surface area contributed by atoms with Crippen LogP contribution in [0.3, 0.4) is 0 Å². The predicted molar refractivity (Wildman–Crippen MR) is 121 cm³/mol. The van der Waals surface area contributed by atoms with Crippen molar-refractivity contribution in [2.45, 2.75) is 4.90 Å². The molecular formula is C20H17ClN4O6S. The van der Waals surface area contributed by atoms with E-state index >= 15 is 0 Å². The van der Waals surface area contributed by atoms with Crippen LogP contribution in [-0.2, 0) is 10.0 Å². The number of rotatable bonds is 8. The van der Waals surface area contributed by atoms with E-state index in [2.05, 4.69) is 15.2 Å². The van der Waals surface area contributed by atoms with E-state index in [0.29, 0.717) is 10.6 Å². The molecular weight excluding hydrogens is 460 g/mol. The van der Waals surface area contributed by atoms with Gasteiger partial charge in [0, 0.05) is 16.7 Å². The molecule has 0 aliphatic carbocycles. The second-order valence-electron chi connectivity index (χ2n) is 6.32. The number of sulfonamides is 1. The monoisotopic (exact) mass is 476 g/mol. The van der Waals surface area contributed by atoms with Crippen molar-refractivity contribution in [1.29, 1.82) is 0 Å². The predicted octanol–water partition coefficient (Wildman–Crippen LogP) is 4.21. The number of nitro groups is 1. The van der Waals surface area contributed by atoms with Crippen LogP contribution in [-0.4, -0.2) is 31.8 Å². The molecule has 3 rings (SSSR count). The zero-order valence-electron chi connectivity index (χ0n) is 16.5. The average Bonchev–Trinajstić information content (AvgIpc) is 2.74. The lowest BCUT2D eigenvalue weighted by Gasteiger charge is -2.10. The Morgan fingerprint density at radius 1 is 1.16 bits per heavy atom. The van der Waals surface area contributed by atoms with E-state index in [-0.39, 0.29) is 27.8 Å². The van der Waals surface area contributed by atoms with Gasteiger partial charge in [0.05, 0.1) is 28.8 Å². The molecule has 0 heterocycles. The van der Waals surface area contributed by atoms with E-state index in [1.807, 2.05) is 0 Å². The minimum Gasteiger partial charge on any atom is -0.504 e. The number of phenolic OH excluding ortho intramolecular Hbond substituents is 1. The Morgan fingerprint density at radius 3 is 2.59 bits per heavy atom. The largest absolute Gasteiger partial charge is 0.504 e. The molecule has 12 heteroatoms. The van der Waals surface area contributed by atoms with Crippen LogP contribution in [0.2, 0.25) is 5.02 Å². The summed E-state index contributed by atoms with van der Waals surface area (Å²) >= 11 is 5.86.